The van der Waals surface area contributed by atoms with Gasteiger partial charge in [-0.3, -0.25) is 9.78 Å². The third kappa shape index (κ3) is 4.43. The maximum Gasteiger partial charge on any atom is 0.231 e. The SMILES string of the molecule is COc1ccc2nccc(NC(=O)C3(C)CCN(CCc4ccc5c(c4)OCO5)CC3)c2n1. The molecule has 1 N–H and O–H groups in total. The van der Waals surface area contributed by atoms with Crippen LogP contribution in [-0.4, -0.2) is 54.3 Å². The number of hydrogen-bond acceptors (Lipinski definition) is 7. The second-order valence-corrected chi connectivity index (χ2v) is 8.87. The van der Waals surface area contributed by atoms with E-state index in [0.29, 0.717) is 23.9 Å². The Balaban J connectivity index is 1.19. The van der Waals surface area contributed by atoms with Crippen LogP contribution in [0.15, 0.2) is 42.6 Å². The molecule has 5 rings (SSSR count). The number of pyridine rings is 2. The van der Waals surface area contributed by atoms with Crippen LogP contribution < -0.4 is 19.5 Å². The molecule has 0 spiro atoms. The minimum absolute atomic E-state index is 0.0232. The monoisotopic (exact) mass is 448 g/mol. The molecule has 0 bridgehead atoms. The van der Waals surface area contributed by atoms with E-state index in [4.69, 9.17) is 14.2 Å². The van der Waals surface area contributed by atoms with E-state index >= 15 is 0 Å². The summed E-state index contributed by atoms with van der Waals surface area (Å²) in [5.41, 5.74) is 2.82. The molecule has 2 aliphatic rings. The summed E-state index contributed by atoms with van der Waals surface area (Å²) < 4.78 is 16.1. The first-order chi connectivity index (χ1) is 16.0. The van der Waals surface area contributed by atoms with E-state index in [1.54, 1.807) is 25.4 Å². The molecule has 0 unspecified atom stereocenters. The molecule has 0 radical (unpaired) electrons. The Bertz CT molecular complexity index is 1170. The number of benzene rings is 1. The van der Waals surface area contributed by atoms with E-state index in [1.165, 1.54) is 5.56 Å². The van der Waals surface area contributed by atoms with Crippen LogP contribution in [0.25, 0.3) is 11.0 Å². The lowest BCUT2D eigenvalue weighted by molar-refractivity contribution is -0.127. The zero-order valence-corrected chi connectivity index (χ0v) is 19.0. The van der Waals surface area contributed by atoms with Gasteiger partial charge in [-0.15, -0.1) is 0 Å². The molecule has 3 aromatic rings. The van der Waals surface area contributed by atoms with Crippen molar-refractivity contribution in [2.24, 2.45) is 5.41 Å². The molecule has 4 heterocycles. The molecule has 0 saturated carbocycles. The molecule has 2 aromatic heterocycles. The van der Waals surface area contributed by atoms with E-state index in [9.17, 15) is 4.79 Å². The number of hydrogen-bond donors (Lipinski definition) is 1. The summed E-state index contributed by atoms with van der Waals surface area (Å²) in [5.74, 6) is 2.16. The summed E-state index contributed by atoms with van der Waals surface area (Å²) in [6.45, 7) is 5.07. The first kappa shape index (κ1) is 21.5. The Morgan fingerprint density at radius 2 is 1.97 bits per heavy atom. The van der Waals surface area contributed by atoms with Crippen molar-refractivity contribution in [3.05, 3.63) is 48.2 Å². The maximum absolute atomic E-state index is 13.2. The van der Waals surface area contributed by atoms with Crippen LogP contribution in [-0.2, 0) is 11.2 Å². The number of fused-ring (bicyclic) bond motifs is 2. The number of nitrogens with one attached hydrogen (secondary N) is 1. The van der Waals surface area contributed by atoms with Gasteiger partial charge in [0.05, 0.1) is 18.3 Å². The number of methoxy groups -OCH3 is 1. The smallest absolute Gasteiger partial charge is 0.231 e. The molecule has 8 heteroatoms. The number of ether oxygens (including phenoxy) is 3. The second kappa shape index (κ2) is 8.86. The van der Waals surface area contributed by atoms with Gasteiger partial charge in [-0.2, -0.15) is 0 Å². The van der Waals surface area contributed by atoms with E-state index < -0.39 is 5.41 Å². The average molecular weight is 449 g/mol. The first-order valence-corrected chi connectivity index (χ1v) is 11.3. The summed E-state index contributed by atoms with van der Waals surface area (Å²) in [7, 11) is 1.57. The molecule has 1 saturated heterocycles. The minimum Gasteiger partial charge on any atom is -0.481 e. The number of piperidine rings is 1. The van der Waals surface area contributed by atoms with Crippen LogP contribution in [0.5, 0.6) is 17.4 Å². The van der Waals surface area contributed by atoms with E-state index in [1.807, 2.05) is 12.1 Å². The van der Waals surface area contributed by atoms with Gasteiger partial charge in [0.2, 0.25) is 18.6 Å². The fourth-order valence-electron chi connectivity index (χ4n) is 4.38. The Hall–Kier alpha value is -3.39. The molecule has 0 atom stereocenters. The topological polar surface area (TPSA) is 85.8 Å². The van der Waals surface area contributed by atoms with Crippen LogP contribution in [0.4, 0.5) is 5.69 Å². The van der Waals surface area contributed by atoms with Crippen molar-refractivity contribution < 1.29 is 19.0 Å². The van der Waals surface area contributed by atoms with Crippen molar-refractivity contribution >= 4 is 22.6 Å². The highest BCUT2D eigenvalue weighted by Crippen LogP contribution is 2.35. The zero-order chi connectivity index (χ0) is 22.8. The Labute approximate surface area is 192 Å². The van der Waals surface area contributed by atoms with Crippen LogP contribution in [0, 0.1) is 5.41 Å². The van der Waals surface area contributed by atoms with Gasteiger partial charge >= 0.3 is 0 Å². The normalized spacial score (nSPS) is 17.2. The standard InChI is InChI=1S/C25H28N4O4/c1-25(24(30)27-19-7-11-26-18-4-6-22(31-2)28-23(18)19)9-13-29(14-10-25)12-8-17-3-5-20-21(15-17)33-16-32-20/h3-7,11,15H,8-10,12-14,16H2,1-2H3,(H,26,27,30). The Morgan fingerprint density at radius 1 is 1.15 bits per heavy atom. The van der Waals surface area contributed by atoms with Gasteiger partial charge in [0, 0.05) is 24.2 Å². The van der Waals surface area contributed by atoms with Gasteiger partial charge in [0.1, 0.15) is 5.52 Å². The molecule has 1 aromatic carbocycles. The highest BCUT2D eigenvalue weighted by atomic mass is 16.7. The Morgan fingerprint density at radius 3 is 2.79 bits per heavy atom. The number of amides is 1. The second-order valence-electron chi connectivity index (χ2n) is 8.87. The van der Waals surface area contributed by atoms with Crippen molar-refractivity contribution in [3.63, 3.8) is 0 Å². The molecule has 1 amide bonds. The highest BCUT2D eigenvalue weighted by Gasteiger charge is 2.37. The summed E-state index contributed by atoms with van der Waals surface area (Å²) in [6, 6.07) is 11.5. The van der Waals surface area contributed by atoms with Crippen LogP contribution in [0.3, 0.4) is 0 Å². The lowest BCUT2D eigenvalue weighted by atomic mass is 9.79. The van der Waals surface area contributed by atoms with Gasteiger partial charge in [0.25, 0.3) is 0 Å². The van der Waals surface area contributed by atoms with Crippen LogP contribution >= 0.6 is 0 Å². The summed E-state index contributed by atoms with van der Waals surface area (Å²) in [6.07, 6.45) is 4.24. The van der Waals surface area contributed by atoms with E-state index in [0.717, 1.165) is 55.9 Å². The largest absolute Gasteiger partial charge is 0.481 e. The summed E-state index contributed by atoms with van der Waals surface area (Å²) >= 11 is 0. The molecule has 8 nitrogen and oxygen atoms in total. The number of carbonyl (C=O) groups excluding carboxylic acids is 1. The molecule has 1 fully saturated rings. The van der Waals surface area contributed by atoms with Gasteiger partial charge in [-0.25, -0.2) is 4.98 Å². The summed E-state index contributed by atoms with van der Waals surface area (Å²) in [4.78, 5) is 24.5. The lowest BCUT2D eigenvalue weighted by Gasteiger charge is -2.38. The van der Waals surface area contributed by atoms with Gasteiger partial charge in [-0.1, -0.05) is 13.0 Å². The van der Waals surface area contributed by atoms with Crippen molar-refractivity contribution in [2.45, 2.75) is 26.2 Å². The molecule has 0 aliphatic carbocycles. The third-order valence-corrected chi connectivity index (χ3v) is 6.68. The Kier molecular flexibility index (Phi) is 5.76. The van der Waals surface area contributed by atoms with Crippen LogP contribution in [0.2, 0.25) is 0 Å². The van der Waals surface area contributed by atoms with Gasteiger partial charge in [-0.05, 0) is 62.2 Å². The van der Waals surface area contributed by atoms with Gasteiger partial charge in [0.15, 0.2) is 11.5 Å². The molecular weight excluding hydrogens is 420 g/mol. The van der Waals surface area contributed by atoms with Crippen LogP contribution in [0.1, 0.15) is 25.3 Å². The number of nitrogens with zero attached hydrogens (tertiary/aromatic N) is 3. The third-order valence-electron chi connectivity index (χ3n) is 6.68. The van der Waals surface area contributed by atoms with E-state index in [2.05, 4.69) is 39.2 Å². The summed E-state index contributed by atoms with van der Waals surface area (Å²) in [5, 5.41) is 3.10. The van der Waals surface area contributed by atoms with Crippen molar-refractivity contribution in [1.29, 1.82) is 0 Å². The molecular formula is C25H28N4O4. The van der Waals surface area contributed by atoms with Crippen molar-refractivity contribution in [3.8, 4) is 17.4 Å². The zero-order valence-electron chi connectivity index (χ0n) is 19.0. The predicted molar refractivity (Wildman–Crippen MR) is 125 cm³/mol. The number of rotatable bonds is 6. The lowest BCUT2D eigenvalue weighted by Crippen LogP contribution is -2.45. The molecule has 172 valence electrons. The quantitative estimate of drug-likeness (QED) is 0.616. The minimum atomic E-state index is -0.427. The number of carbonyl (C=O) groups is 1. The fourth-order valence-corrected chi connectivity index (χ4v) is 4.38. The first-order valence-electron chi connectivity index (χ1n) is 11.3. The maximum atomic E-state index is 13.2. The number of likely N-dealkylation sites (tertiary alicyclic amines) is 1. The highest BCUT2D eigenvalue weighted by molar-refractivity contribution is 6.01. The average Bonchev–Trinajstić information content (AvgIpc) is 3.31. The fraction of sp³-hybridized carbons (Fsp3) is 0.400. The van der Waals surface area contributed by atoms with Crippen molar-refractivity contribution in [2.75, 3.05) is 38.9 Å². The predicted octanol–water partition coefficient (Wildman–Crippen LogP) is 3.65. The van der Waals surface area contributed by atoms with Crippen molar-refractivity contribution in [1.82, 2.24) is 14.9 Å². The number of aromatic nitrogens is 2. The molecule has 2 aliphatic heterocycles. The van der Waals surface area contributed by atoms with Gasteiger partial charge < -0.3 is 24.4 Å². The molecule has 33 heavy (non-hydrogen) atoms. The number of anilines is 1. The van der Waals surface area contributed by atoms with E-state index in [-0.39, 0.29) is 5.91 Å².